The monoisotopic (exact) mass is 398 g/mol. The minimum Gasteiger partial charge on any atom is -0.368 e. The fourth-order valence-corrected chi connectivity index (χ4v) is 2.63. The lowest BCUT2D eigenvalue weighted by Crippen LogP contribution is -2.46. The minimum atomic E-state index is -0.989. The highest BCUT2D eigenvalue weighted by molar-refractivity contribution is 9.10. The summed E-state index contributed by atoms with van der Waals surface area (Å²) in [6, 6.07) is 9.60. The Bertz CT molecular complexity index is 755. The predicted octanol–water partition coefficient (Wildman–Crippen LogP) is 3.07. The van der Waals surface area contributed by atoms with Gasteiger partial charge in [-0.1, -0.05) is 39.7 Å². The van der Waals surface area contributed by atoms with Crippen LogP contribution in [0.5, 0.6) is 0 Å². The average molecular weight is 400 g/mol. The zero-order chi connectivity index (χ0) is 17.0. The maximum Gasteiger partial charge on any atom is 0.254 e. The smallest absolute Gasteiger partial charge is 0.254 e. The van der Waals surface area contributed by atoms with E-state index >= 15 is 0 Å². The highest BCUT2D eigenvalue weighted by Crippen LogP contribution is 2.22. The lowest BCUT2D eigenvalue weighted by molar-refractivity contribution is -0.119. The number of nitrogens with two attached hydrogens (primary N) is 1. The van der Waals surface area contributed by atoms with Gasteiger partial charge in [0.05, 0.1) is 5.56 Å². The average Bonchev–Trinajstić information content (AvgIpc) is 2.50. The van der Waals surface area contributed by atoms with Crippen molar-refractivity contribution in [3.63, 3.8) is 0 Å². The van der Waals surface area contributed by atoms with Crippen LogP contribution in [0, 0.1) is 5.82 Å². The van der Waals surface area contributed by atoms with Crippen LogP contribution >= 0.6 is 27.5 Å². The lowest BCUT2D eigenvalue weighted by atomic mass is 10.0. The summed E-state index contributed by atoms with van der Waals surface area (Å²) in [6.45, 7) is 0. The van der Waals surface area contributed by atoms with Crippen molar-refractivity contribution in [1.82, 2.24) is 5.32 Å². The van der Waals surface area contributed by atoms with E-state index in [1.54, 1.807) is 18.2 Å². The number of carbonyl (C=O) groups is 2. The Morgan fingerprint density at radius 2 is 1.96 bits per heavy atom. The number of hydrogen-bond acceptors (Lipinski definition) is 2. The molecule has 7 heteroatoms. The van der Waals surface area contributed by atoms with Gasteiger partial charge in [-0.3, -0.25) is 9.59 Å². The largest absolute Gasteiger partial charge is 0.368 e. The Labute approximate surface area is 145 Å². The van der Waals surface area contributed by atoms with E-state index in [1.807, 2.05) is 0 Å². The van der Waals surface area contributed by atoms with Crippen molar-refractivity contribution < 1.29 is 14.0 Å². The second kappa shape index (κ2) is 7.57. The third-order valence-corrected chi connectivity index (χ3v) is 4.21. The maximum atomic E-state index is 13.6. The van der Waals surface area contributed by atoms with Crippen LogP contribution in [0.15, 0.2) is 46.9 Å². The van der Waals surface area contributed by atoms with Crippen molar-refractivity contribution in [3.8, 4) is 0 Å². The molecule has 0 aliphatic heterocycles. The molecule has 3 N–H and O–H groups in total. The summed E-state index contributed by atoms with van der Waals surface area (Å²) < 4.78 is 14.4. The fraction of sp³-hybridized carbons (Fsp3) is 0.125. The number of benzene rings is 2. The number of carbonyl (C=O) groups excluding carboxylic acids is 2. The molecule has 23 heavy (non-hydrogen) atoms. The molecule has 0 radical (unpaired) electrons. The van der Waals surface area contributed by atoms with Crippen molar-refractivity contribution in [2.45, 2.75) is 12.5 Å². The van der Waals surface area contributed by atoms with Crippen LogP contribution in [0.25, 0.3) is 0 Å². The number of hydrogen-bond donors (Lipinski definition) is 2. The number of amides is 2. The van der Waals surface area contributed by atoms with E-state index in [9.17, 15) is 14.0 Å². The molecule has 0 fully saturated rings. The normalized spacial score (nSPS) is 11.8. The molecule has 0 saturated heterocycles. The molecule has 0 aliphatic rings. The van der Waals surface area contributed by atoms with E-state index in [2.05, 4.69) is 21.2 Å². The van der Waals surface area contributed by atoms with Crippen molar-refractivity contribution in [2.24, 2.45) is 5.73 Å². The molecular formula is C16H13BrClFN2O2. The summed E-state index contributed by atoms with van der Waals surface area (Å²) in [7, 11) is 0. The number of primary amides is 1. The summed E-state index contributed by atoms with van der Waals surface area (Å²) in [5.74, 6) is -2.09. The second-order valence-corrected chi connectivity index (χ2v) is 6.14. The van der Waals surface area contributed by atoms with Crippen LogP contribution < -0.4 is 11.1 Å². The van der Waals surface area contributed by atoms with Gasteiger partial charge in [0.2, 0.25) is 5.91 Å². The number of rotatable bonds is 5. The van der Waals surface area contributed by atoms with Crippen LogP contribution in [0.2, 0.25) is 5.02 Å². The van der Waals surface area contributed by atoms with Gasteiger partial charge < -0.3 is 11.1 Å². The van der Waals surface area contributed by atoms with Gasteiger partial charge in [-0.2, -0.15) is 0 Å². The highest BCUT2D eigenvalue weighted by Gasteiger charge is 2.22. The van der Waals surface area contributed by atoms with Crippen LogP contribution in [-0.2, 0) is 11.2 Å². The van der Waals surface area contributed by atoms with E-state index < -0.39 is 23.7 Å². The van der Waals surface area contributed by atoms with Crippen molar-refractivity contribution in [1.29, 1.82) is 0 Å². The van der Waals surface area contributed by atoms with Crippen LogP contribution in [0.4, 0.5) is 4.39 Å². The minimum absolute atomic E-state index is 0.136. The van der Waals surface area contributed by atoms with Gasteiger partial charge >= 0.3 is 0 Å². The summed E-state index contributed by atoms with van der Waals surface area (Å²) in [4.78, 5) is 23.7. The molecule has 2 aromatic carbocycles. The van der Waals surface area contributed by atoms with Crippen molar-refractivity contribution in [3.05, 3.63) is 68.9 Å². The van der Waals surface area contributed by atoms with Gasteiger partial charge in [0.15, 0.2) is 0 Å². The van der Waals surface area contributed by atoms with Gasteiger partial charge in [0.1, 0.15) is 11.9 Å². The predicted molar refractivity (Wildman–Crippen MR) is 89.7 cm³/mol. The molecule has 0 aromatic heterocycles. The molecule has 0 bridgehead atoms. The summed E-state index contributed by atoms with van der Waals surface area (Å²) in [5.41, 5.74) is 5.90. The van der Waals surface area contributed by atoms with E-state index in [4.69, 9.17) is 17.3 Å². The molecule has 0 aliphatic carbocycles. The third-order valence-electron chi connectivity index (χ3n) is 3.20. The summed E-state index contributed by atoms with van der Waals surface area (Å²) in [6.07, 6.45) is 0.136. The second-order valence-electron chi connectivity index (χ2n) is 4.85. The lowest BCUT2D eigenvalue weighted by Gasteiger charge is -2.17. The Morgan fingerprint density at radius 1 is 1.26 bits per heavy atom. The van der Waals surface area contributed by atoms with Gasteiger partial charge in [-0.05, 0) is 35.9 Å². The molecule has 4 nitrogen and oxygen atoms in total. The summed E-state index contributed by atoms with van der Waals surface area (Å²) >= 11 is 9.28. The first kappa shape index (κ1) is 17.4. The zero-order valence-corrected chi connectivity index (χ0v) is 14.2. The highest BCUT2D eigenvalue weighted by atomic mass is 79.9. The van der Waals surface area contributed by atoms with E-state index in [0.717, 1.165) is 4.47 Å². The van der Waals surface area contributed by atoms with Crippen LogP contribution in [-0.4, -0.2) is 17.9 Å². The molecule has 0 saturated carbocycles. The first-order chi connectivity index (χ1) is 10.9. The summed E-state index contributed by atoms with van der Waals surface area (Å²) in [5, 5.41) is 2.94. The Balaban J connectivity index is 2.19. The first-order valence-corrected chi connectivity index (χ1v) is 7.84. The Kier molecular flexibility index (Phi) is 5.74. The zero-order valence-electron chi connectivity index (χ0n) is 11.9. The van der Waals surface area contributed by atoms with Gasteiger partial charge in [0.25, 0.3) is 5.91 Å². The van der Waals surface area contributed by atoms with Gasteiger partial charge in [0, 0.05) is 15.9 Å². The maximum absolute atomic E-state index is 13.6. The van der Waals surface area contributed by atoms with Crippen LogP contribution in [0.1, 0.15) is 15.9 Å². The fourth-order valence-electron chi connectivity index (χ4n) is 2.02. The SMILES string of the molecule is NC(=O)[C@H](Cc1cc(Cl)ccc1Br)NC(=O)c1ccccc1F. The topological polar surface area (TPSA) is 72.2 Å². The number of halogens is 3. The molecule has 0 spiro atoms. The Hall–Kier alpha value is -1.92. The third kappa shape index (κ3) is 4.53. The molecular weight excluding hydrogens is 387 g/mol. The first-order valence-electron chi connectivity index (χ1n) is 6.67. The standard InChI is InChI=1S/C16H13BrClFN2O2/c17-12-6-5-10(18)7-9(12)8-14(15(20)22)21-16(23)11-3-1-2-4-13(11)19/h1-7,14H,8H2,(H2,20,22)(H,21,23)/t14-/m0/s1. The molecule has 0 unspecified atom stereocenters. The molecule has 2 aromatic rings. The van der Waals surface area contributed by atoms with Gasteiger partial charge in [-0.15, -0.1) is 0 Å². The van der Waals surface area contributed by atoms with E-state index in [1.165, 1.54) is 24.3 Å². The number of nitrogens with one attached hydrogen (secondary N) is 1. The van der Waals surface area contributed by atoms with Crippen LogP contribution in [0.3, 0.4) is 0 Å². The van der Waals surface area contributed by atoms with Crippen molar-refractivity contribution >= 4 is 39.3 Å². The molecule has 120 valence electrons. The van der Waals surface area contributed by atoms with E-state index in [0.29, 0.717) is 10.6 Å². The molecule has 2 rings (SSSR count). The Morgan fingerprint density at radius 3 is 2.61 bits per heavy atom. The molecule has 1 atom stereocenters. The molecule has 0 heterocycles. The van der Waals surface area contributed by atoms with Gasteiger partial charge in [-0.25, -0.2) is 4.39 Å². The molecule has 2 amide bonds. The van der Waals surface area contributed by atoms with E-state index in [-0.39, 0.29) is 12.0 Å². The quantitative estimate of drug-likeness (QED) is 0.811. The van der Waals surface area contributed by atoms with Crippen molar-refractivity contribution in [2.75, 3.05) is 0 Å².